The lowest BCUT2D eigenvalue weighted by atomic mass is 9.83. The Morgan fingerprint density at radius 1 is 1.08 bits per heavy atom. The van der Waals surface area contributed by atoms with E-state index in [2.05, 4.69) is 10.3 Å². The number of amides is 2. The molecule has 4 rings (SSSR count). The van der Waals surface area contributed by atoms with Crippen LogP contribution in [0.25, 0.3) is 22.4 Å². The normalized spacial score (nSPS) is 17.4. The van der Waals surface area contributed by atoms with Crippen LogP contribution in [0.4, 0.5) is 14.9 Å². The zero-order valence-corrected chi connectivity index (χ0v) is 23.0. The predicted molar refractivity (Wildman–Crippen MR) is 151 cm³/mol. The summed E-state index contributed by atoms with van der Waals surface area (Å²) >= 11 is 0. The van der Waals surface area contributed by atoms with Crippen molar-refractivity contribution in [1.29, 1.82) is 0 Å². The number of anilines is 1. The van der Waals surface area contributed by atoms with Gasteiger partial charge in [0.25, 0.3) is 0 Å². The summed E-state index contributed by atoms with van der Waals surface area (Å²) < 4.78 is 19.8. The average Bonchev–Trinajstić information content (AvgIpc) is 2.92. The third-order valence-electron chi connectivity index (χ3n) is 7.49. The van der Waals surface area contributed by atoms with Crippen molar-refractivity contribution in [2.24, 2.45) is 11.7 Å². The van der Waals surface area contributed by atoms with E-state index < -0.39 is 5.54 Å². The molecule has 0 radical (unpaired) electrons. The number of hydrogen-bond donors (Lipinski definition) is 2. The molecule has 0 unspecified atom stereocenters. The van der Waals surface area contributed by atoms with E-state index in [0.29, 0.717) is 28.9 Å². The van der Waals surface area contributed by atoms with Crippen molar-refractivity contribution in [1.82, 2.24) is 9.88 Å². The summed E-state index contributed by atoms with van der Waals surface area (Å²) in [5.74, 6) is -0.207. The number of aromatic nitrogens is 1. The molecule has 1 aliphatic carbocycles. The van der Waals surface area contributed by atoms with Crippen LogP contribution in [0.2, 0.25) is 0 Å². The summed E-state index contributed by atoms with van der Waals surface area (Å²) in [6.07, 6.45) is 5.10. The maximum absolute atomic E-state index is 15.0. The number of nitrogens with one attached hydrogen (secondary N) is 1. The molecular weight excluding hydrogens is 495 g/mol. The summed E-state index contributed by atoms with van der Waals surface area (Å²) in [6, 6.07) is 16.7. The van der Waals surface area contributed by atoms with Crippen LogP contribution in [-0.4, -0.2) is 42.1 Å². The summed E-state index contributed by atoms with van der Waals surface area (Å²) in [4.78, 5) is 31.0. The highest BCUT2D eigenvalue weighted by Gasteiger charge is 2.28. The minimum atomic E-state index is -0.803. The van der Waals surface area contributed by atoms with Crippen LogP contribution in [0.5, 0.6) is 0 Å². The fourth-order valence-electron chi connectivity index (χ4n) is 5.29. The van der Waals surface area contributed by atoms with Gasteiger partial charge < -0.3 is 20.7 Å². The monoisotopic (exact) mass is 532 g/mol. The van der Waals surface area contributed by atoms with Gasteiger partial charge in [0.1, 0.15) is 5.82 Å². The molecule has 7 nitrogen and oxygen atoms in total. The van der Waals surface area contributed by atoms with Crippen LogP contribution < -0.4 is 11.1 Å². The fraction of sp³-hybridized carbons (Fsp3) is 0.387. The Balaban J connectivity index is 1.50. The van der Waals surface area contributed by atoms with Gasteiger partial charge in [-0.1, -0.05) is 42.5 Å². The Morgan fingerprint density at radius 2 is 1.77 bits per heavy atom. The number of methoxy groups -OCH3 is 1. The molecule has 1 aromatic heterocycles. The van der Waals surface area contributed by atoms with Gasteiger partial charge in [0, 0.05) is 41.7 Å². The number of rotatable bonds is 7. The van der Waals surface area contributed by atoms with Crippen LogP contribution in [0, 0.1) is 11.7 Å². The molecule has 8 heteroatoms. The van der Waals surface area contributed by atoms with Crippen molar-refractivity contribution in [2.75, 3.05) is 19.5 Å². The van der Waals surface area contributed by atoms with Gasteiger partial charge in [-0.15, -0.1) is 0 Å². The van der Waals surface area contributed by atoms with Crippen LogP contribution in [0.15, 0.2) is 60.8 Å². The molecule has 3 N–H and O–H groups in total. The molecule has 0 saturated heterocycles. The minimum Gasteiger partial charge on any atom is -0.453 e. The smallest absolute Gasteiger partial charge is 0.409 e. The zero-order valence-electron chi connectivity index (χ0n) is 23.0. The van der Waals surface area contributed by atoms with Crippen molar-refractivity contribution in [3.63, 3.8) is 0 Å². The molecule has 3 aromatic rings. The van der Waals surface area contributed by atoms with E-state index in [1.807, 2.05) is 42.5 Å². The predicted octanol–water partition coefficient (Wildman–Crippen LogP) is 6.33. The van der Waals surface area contributed by atoms with E-state index >= 15 is 0 Å². The second-order valence-electron chi connectivity index (χ2n) is 10.9. The number of carbonyl (C=O) groups excluding carboxylic acids is 2. The van der Waals surface area contributed by atoms with Crippen molar-refractivity contribution in [2.45, 2.75) is 57.5 Å². The van der Waals surface area contributed by atoms with Crippen LogP contribution in [0.3, 0.4) is 0 Å². The Kier molecular flexibility index (Phi) is 8.65. The molecule has 206 valence electrons. The van der Waals surface area contributed by atoms with Gasteiger partial charge in [0.15, 0.2) is 0 Å². The number of nitrogens with zero attached hydrogens (tertiary/aromatic N) is 2. The lowest BCUT2D eigenvalue weighted by molar-refractivity contribution is -0.117. The first-order valence-electron chi connectivity index (χ1n) is 13.3. The van der Waals surface area contributed by atoms with Crippen LogP contribution in [0.1, 0.15) is 51.5 Å². The molecule has 1 saturated carbocycles. The van der Waals surface area contributed by atoms with Crippen LogP contribution >= 0.6 is 0 Å². The van der Waals surface area contributed by atoms with Gasteiger partial charge in [-0.3, -0.25) is 9.78 Å². The average molecular weight is 533 g/mol. The maximum atomic E-state index is 15.0. The van der Waals surface area contributed by atoms with Gasteiger partial charge in [-0.2, -0.15) is 0 Å². The SMILES string of the molecule is COC(=O)N(C)[C@H]1CC[C@H](CC(=O)Nc2cnc(-c3ccc(C(C)(C)N)c(F)c3)c(-c3ccccc3)c2)CC1. The fourth-order valence-corrected chi connectivity index (χ4v) is 5.29. The van der Waals surface area contributed by atoms with Crippen molar-refractivity contribution < 1.29 is 18.7 Å². The van der Waals surface area contributed by atoms with E-state index in [1.54, 1.807) is 38.1 Å². The quantitative estimate of drug-likeness (QED) is 0.370. The van der Waals surface area contributed by atoms with Gasteiger partial charge in [-0.05, 0) is 63.1 Å². The Bertz CT molecular complexity index is 1320. The highest BCUT2D eigenvalue weighted by Crippen LogP contribution is 2.35. The van der Waals surface area contributed by atoms with E-state index in [4.69, 9.17) is 10.5 Å². The Morgan fingerprint density at radius 3 is 2.38 bits per heavy atom. The van der Waals surface area contributed by atoms with Gasteiger partial charge in [0.05, 0.1) is 24.7 Å². The van der Waals surface area contributed by atoms with Gasteiger partial charge >= 0.3 is 6.09 Å². The number of hydrogen-bond acceptors (Lipinski definition) is 5. The van der Waals surface area contributed by atoms with E-state index in [1.165, 1.54) is 13.2 Å². The first-order valence-corrected chi connectivity index (χ1v) is 13.3. The molecular formula is C31H37FN4O3. The molecule has 1 fully saturated rings. The van der Waals surface area contributed by atoms with Crippen molar-refractivity contribution in [3.05, 3.63) is 72.2 Å². The summed E-state index contributed by atoms with van der Waals surface area (Å²) in [5.41, 5.74) is 9.29. The topological polar surface area (TPSA) is 97.5 Å². The largest absolute Gasteiger partial charge is 0.453 e. The summed E-state index contributed by atoms with van der Waals surface area (Å²) in [5, 5.41) is 3.00. The molecule has 1 heterocycles. The van der Waals surface area contributed by atoms with E-state index in [-0.39, 0.29) is 29.8 Å². The van der Waals surface area contributed by atoms with Gasteiger partial charge in [0.2, 0.25) is 5.91 Å². The number of halogens is 1. The second-order valence-corrected chi connectivity index (χ2v) is 10.9. The number of benzene rings is 2. The lowest BCUT2D eigenvalue weighted by Gasteiger charge is -2.33. The Labute approximate surface area is 229 Å². The number of carbonyl (C=O) groups is 2. The maximum Gasteiger partial charge on any atom is 0.409 e. The number of pyridine rings is 1. The highest BCUT2D eigenvalue weighted by molar-refractivity contribution is 5.93. The second kappa shape index (κ2) is 11.9. The van der Waals surface area contributed by atoms with Crippen molar-refractivity contribution in [3.8, 4) is 22.4 Å². The molecule has 0 spiro atoms. The molecule has 0 atom stereocenters. The molecule has 1 aliphatic rings. The Hall–Kier alpha value is -3.78. The zero-order chi connectivity index (χ0) is 28.2. The van der Waals surface area contributed by atoms with E-state index in [9.17, 15) is 14.0 Å². The standard InChI is InChI=1S/C31H37FN4O3/c1-31(2,33)26-15-12-22(17-27(26)32)29-25(21-8-6-5-7-9-21)18-23(19-34-29)35-28(37)16-20-10-13-24(14-11-20)36(3)30(38)39-4/h5-9,12,15,17-20,24H,10-11,13-14,16,33H2,1-4H3,(H,35,37)/t20-,24-. The first kappa shape index (κ1) is 28.2. The summed E-state index contributed by atoms with van der Waals surface area (Å²) in [6.45, 7) is 3.53. The minimum absolute atomic E-state index is 0.0751. The molecule has 2 amide bonds. The highest BCUT2D eigenvalue weighted by atomic mass is 19.1. The lowest BCUT2D eigenvalue weighted by Crippen LogP contribution is -2.39. The third kappa shape index (κ3) is 6.81. The molecule has 0 bridgehead atoms. The molecule has 0 aliphatic heterocycles. The number of ether oxygens (including phenoxy) is 1. The first-order chi connectivity index (χ1) is 18.6. The molecule has 2 aromatic carbocycles. The summed E-state index contributed by atoms with van der Waals surface area (Å²) in [7, 11) is 3.14. The van der Waals surface area contributed by atoms with Crippen molar-refractivity contribution >= 4 is 17.7 Å². The van der Waals surface area contributed by atoms with Crippen LogP contribution in [-0.2, 0) is 15.1 Å². The number of nitrogens with two attached hydrogens (primary N) is 1. The van der Waals surface area contributed by atoms with Gasteiger partial charge in [-0.25, -0.2) is 9.18 Å². The third-order valence-corrected chi connectivity index (χ3v) is 7.49. The van der Waals surface area contributed by atoms with E-state index in [0.717, 1.165) is 36.8 Å². The molecule has 39 heavy (non-hydrogen) atoms.